The quantitative estimate of drug-likeness (QED) is 0.473. The van der Waals surface area contributed by atoms with E-state index >= 15 is 0 Å². The minimum atomic E-state index is -3.57. The predicted molar refractivity (Wildman–Crippen MR) is 125 cm³/mol. The van der Waals surface area contributed by atoms with Gasteiger partial charge >= 0.3 is 0 Å². The lowest BCUT2D eigenvalue weighted by Crippen LogP contribution is -2.39. The highest BCUT2D eigenvalue weighted by Gasteiger charge is 2.23. The minimum Gasteiger partial charge on any atom is -0.497 e. The van der Waals surface area contributed by atoms with Gasteiger partial charge in [-0.05, 0) is 42.3 Å². The van der Waals surface area contributed by atoms with Crippen molar-refractivity contribution in [3.8, 4) is 11.5 Å². The van der Waals surface area contributed by atoms with Crippen LogP contribution in [0.1, 0.15) is 24.5 Å². The smallest absolute Gasteiger partial charge is 0.221 e. The average Bonchev–Trinajstić information content (AvgIpc) is 2.79. The van der Waals surface area contributed by atoms with E-state index in [4.69, 9.17) is 9.47 Å². The number of amides is 1. The van der Waals surface area contributed by atoms with Crippen molar-refractivity contribution in [1.29, 1.82) is 0 Å². The van der Waals surface area contributed by atoms with Gasteiger partial charge in [-0.15, -0.1) is 0 Å². The SMILES string of the molecule is CNC(=O)C[C@H](C)NCCS(=O)(=O)N(Cc1ccc(OC)cc1)Cc1ccc(OC)cc1. The number of rotatable bonds is 13. The number of methoxy groups -OCH3 is 2. The molecule has 0 aliphatic rings. The Balaban J connectivity index is 2.12. The van der Waals surface area contributed by atoms with Gasteiger partial charge in [-0.25, -0.2) is 8.42 Å². The Bertz CT molecular complexity index is 897. The van der Waals surface area contributed by atoms with E-state index in [0.717, 1.165) is 11.1 Å². The Labute approximate surface area is 191 Å². The topological polar surface area (TPSA) is 97.0 Å². The van der Waals surface area contributed by atoms with Crippen LogP contribution in [0.15, 0.2) is 48.5 Å². The van der Waals surface area contributed by atoms with Gasteiger partial charge in [-0.2, -0.15) is 4.31 Å². The fourth-order valence-corrected chi connectivity index (χ4v) is 4.46. The van der Waals surface area contributed by atoms with Gasteiger partial charge in [0.1, 0.15) is 11.5 Å². The number of carbonyl (C=O) groups excluding carboxylic acids is 1. The van der Waals surface area contributed by atoms with E-state index in [1.54, 1.807) is 21.3 Å². The maximum absolute atomic E-state index is 13.2. The molecule has 0 radical (unpaired) electrons. The zero-order chi connectivity index (χ0) is 23.6. The number of hydrogen-bond acceptors (Lipinski definition) is 6. The molecule has 0 heterocycles. The predicted octanol–water partition coefficient (Wildman–Crippen LogP) is 2.15. The van der Waals surface area contributed by atoms with Gasteiger partial charge in [-0.3, -0.25) is 4.79 Å². The molecular formula is C23H33N3O5S. The Morgan fingerprint density at radius 3 is 1.81 bits per heavy atom. The number of hydrogen-bond donors (Lipinski definition) is 2. The summed E-state index contributed by atoms with van der Waals surface area (Å²) in [5.74, 6) is 1.27. The maximum Gasteiger partial charge on any atom is 0.221 e. The van der Waals surface area contributed by atoms with E-state index in [2.05, 4.69) is 10.6 Å². The Hall–Kier alpha value is -2.62. The fourth-order valence-electron chi connectivity index (χ4n) is 3.14. The van der Waals surface area contributed by atoms with Crippen molar-refractivity contribution in [2.24, 2.45) is 0 Å². The van der Waals surface area contributed by atoms with Crippen molar-refractivity contribution in [2.45, 2.75) is 32.5 Å². The molecule has 0 aliphatic carbocycles. The van der Waals surface area contributed by atoms with Gasteiger partial charge < -0.3 is 20.1 Å². The van der Waals surface area contributed by atoms with Crippen LogP contribution in [0.4, 0.5) is 0 Å². The summed E-state index contributed by atoms with van der Waals surface area (Å²) in [4.78, 5) is 11.5. The summed E-state index contributed by atoms with van der Waals surface area (Å²) in [6.07, 6.45) is 0.290. The number of nitrogens with one attached hydrogen (secondary N) is 2. The van der Waals surface area contributed by atoms with Crippen LogP contribution < -0.4 is 20.1 Å². The summed E-state index contributed by atoms with van der Waals surface area (Å²) in [5, 5.41) is 5.69. The first-order valence-electron chi connectivity index (χ1n) is 10.4. The van der Waals surface area contributed by atoms with E-state index in [9.17, 15) is 13.2 Å². The van der Waals surface area contributed by atoms with Crippen LogP contribution in [-0.2, 0) is 27.9 Å². The molecule has 2 aromatic rings. The average molecular weight is 464 g/mol. The van der Waals surface area contributed by atoms with Gasteiger partial charge in [0.2, 0.25) is 15.9 Å². The van der Waals surface area contributed by atoms with Crippen molar-refractivity contribution in [3.63, 3.8) is 0 Å². The third-order valence-corrected chi connectivity index (χ3v) is 6.82. The first kappa shape index (κ1) is 25.6. The zero-order valence-electron chi connectivity index (χ0n) is 19.1. The van der Waals surface area contributed by atoms with E-state index in [-0.39, 0.29) is 43.8 Å². The molecular weight excluding hydrogens is 430 g/mol. The molecule has 8 nitrogen and oxygen atoms in total. The lowest BCUT2D eigenvalue weighted by Gasteiger charge is -2.23. The highest BCUT2D eigenvalue weighted by atomic mass is 32.2. The fraction of sp³-hybridized carbons (Fsp3) is 0.435. The molecule has 0 bridgehead atoms. The molecule has 0 aliphatic heterocycles. The second kappa shape index (κ2) is 12.4. The molecule has 0 spiro atoms. The first-order chi connectivity index (χ1) is 15.3. The van der Waals surface area contributed by atoms with Crippen molar-refractivity contribution in [2.75, 3.05) is 33.6 Å². The summed E-state index contributed by atoms with van der Waals surface area (Å²) in [7, 11) is 1.19. The first-order valence-corrected chi connectivity index (χ1v) is 12.1. The Kier molecular flexibility index (Phi) is 9.96. The second-order valence-electron chi connectivity index (χ2n) is 7.51. The van der Waals surface area contributed by atoms with Gasteiger partial charge in [0.25, 0.3) is 0 Å². The van der Waals surface area contributed by atoms with Crippen molar-refractivity contribution in [1.82, 2.24) is 14.9 Å². The number of ether oxygens (including phenoxy) is 2. The highest BCUT2D eigenvalue weighted by molar-refractivity contribution is 7.89. The molecule has 1 amide bonds. The molecule has 0 saturated heterocycles. The summed E-state index contributed by atoms with van der Waals surface area (Å²) >= 11 is 0. The van der Waals surface area contributed by atoms with Crippen LogP contribution in [0.2, 0.25) is 0 Å². The Morgan fingerprint density at radius 2 is 1.41 bits per heavy atom. The third-order valence-electron chi connectivity index (χ3n) is 5.05. The van der Waals surface area contributed by atoms with Crippen LogP contribution in [0.3, 0.4) is 0 Å². The molecule has 0 saturated carbocycles. The highest BCUT2D eigenvalue weighted by Crippen LogP contribution is 2.19. The normalized spacial score (nSPS) is 12.4. The van der Waals surface area contributed by atoms with Crippen molar-refractivity contribution >= 4 is 15.9 Å². The molecule has 9 heteroatoms. The van der Waals surface area contributed by atoms with Gasteiger partial charge in [0, 0.05) is 39.1 Å². The molecule has 1 atom stereocenters. The molecule has 2 aromatic carbocycles. The largest absolute Gasteiger partial charge is 0.497 e. The van der Waals surface area contributed by atoms with Gasteiger partial charge in [0.05, 0.1) is 20.0 Å². The lowest BCUT2D eigenvalue weighted by molar-refractivity contribution is -0.121. The zero-order valence-corrected chi connectivity index (χ0v) is 19.9. The second-order valence-corrected chi connectivity index (χ2v) is 9.60. The minimum absolute atomic E-state index is 0.0720. The van der Waals surface area contributed by atoms with E-state index in [0.29, 0.717) is 11.5 Å². The number of nitrogens with zero attached hydrogens (tertiary/aromatic N) is 1. The third kappa shape index (κ3) is 8.14. The monoisotopic (exact) mass is 463 g/mol. The van der Waals surface area contributed by atoms with Crippen LogP contribution in [0.25, 0.3) is 0 Å². The van der Waals surface area contributed by atoms with E-state index < -0.39 is 10.0 Å². The molecule has 2 rings (SSSR count). The number of sulfonamides is 1. The molecule has 0 aromatic heterocycles. The summed E-state index contributed by atoms with van der Waals surface area (Å²) in [6.45, 7) is 2.59. The van der Waals surface area contributed by atoms with Crippen LogP contribution in [-0.4, -0.2) is 58.2 Å². The van der Waals surface area contributed by atoms with Crippen LogP contribution in [0, 0.1) is 0 Å². The Morgan fingerprint density at radius 1 is 0.938 bits per heavy atom. The number of benzene rings is 2. The number of carbonyl (C=O) groups is 1. The molecule has 0 fully saturated rings. The maximum atomic E-state index is 13.2. The standard InChI is InChI=1S/C23H33N3O5S/c1-18(15-23(27)24-2)25-13-14-32(28,29)26(16-19-5-9-21(30-3)10-6-19)17-20-7-11-22(31-4)12-8-20/h5-12,18,25H,13-17H2,1-4H3,(H,24,27)/t18-/m0/s1. The van der Waals surface area contributed by atoms with E-state index in [1.807, 2.05) is 55.5 Å². The molecule has 2 N–H and O–H groups in total. The lowest BCUT2D eigenvalue weighted by atomic mass is 10.2. The van der Waals surface area contributed by atoms with Crippen molar-refractivity contribution in [3.05, 3.63) is 59.7 Å². The molecule has 32 heavy (non-hydrogen) atoms. The van der Waals surface area contributed by atoms with Crippen molar-refractivity contribution < 1.29 is 22.7 Å². The molecule has 0 unspecified atom stereocenters. The summed E-state index contributed by atoms with van der Waals surface area (Å²) in [6, 6.07) is 14.6. The van der Waals surface area contributed by atoms with Gasteiger partial charge in [0.15, 0.2) is 0 Å². The van der Waals surface area contributed by atoms with Crippen LogP contribution >= 0.6 is 0 Å². The molecule has 176 valence electrons. The van der Waals surface area contributed by atoms with Crippen LogP contribution in [0.5, 0.6) is 11.5 Å². The summed E-state index contributed by atoms with van der Waals surface area (Å²) < 4.78 is 38.3. The van der Waals surface area contributed by atoms with Gasteiger partial charge in [-0.1, -0.05) is 24.3 Å². The van der Waals surface area contributed by atoms with E-state index in [1.165, 1.54) is 4.31 Å². The summed E-state index contributed by atoms with van der Waals surface area (Å²) in [5.41, 5.74) is 1.73.